The van der Waals surface area contributed by atoms with Gasteiger partial charge in [0.25, 0.3) is 0 Å². The Hall–Kier alpha value is -1.56. The highest BCUT2D eigenvalue weighted by Gasteiger charge is 2.29. The van der Waals surface area contributed by atoms with Crippen molar-refractivity contribution in [1.29, 1.82) is 0 Å². The predicted octanol–water partition coefficient (Wildman–Crippen LogP) is 4.87. The van der Waals surface area contributed by atoms with Gasteiger partial charge in [-0.25, -0.2) is 0 Å². The summed E-state index contributed by atoms with van der Waals surface area (Å²) in [5.41, 5.74) is 4.31. The van der Waals surface area contributed by atoms with E-state index in [2.05, 4.69) is 61.5 Å². The largest absolute Gasteiger partial charge is 0.0622 e. The normalized spacial score (nSPS) is 23.1. The molecule has 0 heteroatoms. The molecule has 2 aromatic carbocycles. The topological polar surface area (TPSA) is 0 Å². The van der Waals surface area contributed by atoms with Gasteiger partial charge in [-0.3, -0.25) is 0 Å². The standard InChI is InChI=1S/C17H18/c1-13-11-12-15(13)17-10-6-5-9-16(17)14-7-3-2-4-8-14/h2-10,13,15H,11-12H2,1H3/t13-,15+/m0/s1. The fourth-order valence-electron chi connectivity index (χ4n) is 2.83. The van der Waals surface area contributed by atoms with Gasteiger partial charge in [0.05, 0.1) is 0 Å². The van der Waals surface area contributed by atoms with Crippen LogP contribution in [-0.2, 0) is 0 Å². The number of hydrogen-bond acceptors (Lipinski definition) is 0. The Morgan fingerprint density at radius 2 is 1.53 bits per heavy atom. The van der Waals surface area contributed by atoms with Crippen LogP contribution < -0.4 is 0 Å². The lowest BCUT2D eigenvalue weighted by Crippen LogP contribution is -2.21. The molecule has 2 aromatic rings. The van der Waals surface area contributed by atoms with E-state index >= 15 is 0 Å². The van der Waals surface area contributed by atoms with Crippen molar-refractivity contribution in [2.45, 2.75) is 25.7 Å². The quantitative estimate of drug-likeness (QED) is 0.680. The Morgan fingerprint density at radius 1 is 0.824 bits per heavy atom. The average molecular weight is 222 g/mol. The van der Waals surface area contributed by atoms with Crippen LogP contribution in [0.2, 0.25) is 0 Å². The van der Waals surface area contributed by atoms with Gasteiger partial charge < -0.3 is 0 Å². The van der Waals surface area contributed by atoms with E-state index in [1.807, 2.05) is 0 Å². The third-order valence-electron chi connectivity index (χ3n) is 4.06. The summed E-state index contributed by atoms with van der Waals surface area (Å²) in [5, 5.41) is 0. The molecule has 1 saturated carbocycles. The van der Waals surface area contributed by atoms with E-state index in [4.69, 9.17) is 0 Å². The molecule has 0 unspecified atom stereocenters. The maximum Gasteiger partial charge on any atom is -0.0130 e. The van der Waals surface area contributed by atoms with Crippen molar-refractivity contribution in [1.82, 2.24) is 0 Å². The molecule has 1 fully saturated rings. The molecule has 1 aliphatic rings. The monoisotopic (exact) mass is 222 g/mol. The summed E-state index contributed by atoms with van der Waals surface area (Å²) in [6, 6.07) is 19.6. The molecule has 0 radical (unpaired) electrons. The molecule has 0 N–H and O–H groups in total. The second-order valence-corrected chi connectivity index (χ2v) is 5.11. The maximum atomic E-state index is 2.37. The van der Waals surface area contributed by atoms with Gasteiger partial charge in [0.1, 0.15) is 0 Å². The van der Waals surface area contributed by atoms with Crippen molar-refractivity contribution in [2.24, 2.45) is 5.92 Å². The van der Waals surface area contributed by atoms with E-state index in [9.17, 15) is 0 Å². The van der Waals surface area contributed by atoms with Crippen molar-refractivity contribution in [3.63, 3.8) is 0 Å². The van der Waals surface area contributed by atoms with Gasteiger partial charge in [-0.1, -0.05) is 61.5 Å². The molecule has 0 spiro atoms. The summed E-state index contributed by atoms with van der Waals surface area (Å²) in [4.78, 5) is 0. The number of hydrogen-bond donors (Lipinski definition) is 0. The number of rotatable bonds is 2. The summed E-state index contributed by atoms with van der Waals surface area (Å²) in [6.45, 7) is 2.37. The first kappa shape index (κ1) is 10.6. The Balaban J connectivity index is 2.05. The third kappa shape index (κ3) is 1.88. The first-order valence-electron chi connectivity index (χ1n) is 6.50. The highest BCUT2D eigenvalue weighted by molar-refractivity contribution is 5.68. The molecule has 0 amide bonds. The minimum atomic E-state index is 0.770. The molecular formula is C17H18. The fraction of sp³-hybridized carbons (Fsp3) is 0.294. The van der Waals surface area contributed by atoms with Crippen LogP contribution in [0.15, 0.2) is 54.6 Å². The molecule has 0 saturated heterocycles. The van der Waals surface area contributed by atoms with Crippen LogP contribution in [0, 0.1) is 5.92 Å². The van der Waals surface area contributed by atoms with E-state index in [1.165, 1.54) is 29.5 Å². The van der Waals surface area contributed by atoms with Crippen LogP contribution in [-0.4, -0.2) is 0 Å². The lowest BCUT2D eigenvalue weighted by molar-refractivity contribution is 0.281. The van der Waals surface area contributed by atoms with Crippen molar-refractivity contribution in [3.05, 3.63) is 60.2 Å². The molecule has 0 nitrogen and oxygen atoms in total. The van der Waals surface area contributed by atoms with Crippen LogP contribution in [0.25, 0.3) is 11.1 Å². The molecule has 0 aromatic heterocycles. The van der Waals surface area contributed by atoms with Crippen LogP contribution >= 0.6 is 0 Å². The molecule has 0 heterocycles. The molecule has 1 aliphatic carbocycles. The van der Waals surface area contributed by atoms with Gasteiger partial charge in [-0.15, -0.1) is 0 Å². The zero-order chi connectivity index (χ0) is 11.7. The van der Waals surface area contributed by atoms with Crippen LogP contribution in [0.5, 0.6) is 0 Å². The molecule has 0 aliphatic heterocycles. The minimum Gasteiger partial charge on any atom is -0.0622 e. The predicted molar refractivity (Wildman–Crippen MR) is 73.0 cm³/mol. The van der Waals surface area contributed by atoms with Crippen LogP contribution in [0.3, 0.4) is 0 Å². The lowest BCUT2D eigenvalue weighted by atomic mass is 9.69. The van der Waals surface area contributed by atoms with E-state index in [0.717, 1.165) is 11.8 Å². The Labute approximate surface area is 103 Å². The SMILES string of the molecule is C[C@H]1CC[C@H]1c1ccccc1-c1ccccc1. The highest BCUT2D eigenvalue weighted by atomic mass is 14.3. The Morgan fingerprint density at radius 3 is 2.18 bits per heavy atom. The number of benzene rings is 2. The van der Waals surface area contributed by atoms with E-state index in [0.29, 0.717) is 0 Å². The lowest BCUT2D eigenvalue weighted by Gasteiger charge is -2.35. The summed E-state index contributed by atoms with van der Waals surface area (Å²) in [7, 11) is 0. The van der Waals surface area contributed by atoms with Gasteiger partial charge in [0.15, 0.2) is 0 Å². The Kier molecular flexibility index (Phi) is 2.72. The third-order valence-corrected chi connectivity index (χ3v) is 4.06. The first-order chi connectivity index (χ1) is 8.36. The van der Waals surface area contributed by atoms with Crippen molar-refractivity contribution < 1.29 is 0 Å². The van der Waals surface area contributed by atoms with Crippen LogP contribution in [0.1, 0.15) is 31.2 Å². The zero-order valence-electron chi connectivity index (χ0n) is 10.3. The van der Waals surface area contributed by atoms with Gasteiger partial charge in [-0.05, 0) is 41.4 Å². The van der Waals surface area contributed by atoms with Crippen molar-refractivity contribution in [2.75, 3.05) is 0 Å². The van der Waals surface area contributed by atoms with Gasteiger partial charge in [-0.2, -0.15) is 0 Å². The Bertz CT molecular complexity index is 498. The van der Waals surface area contributed by atoms with Crippen LogP contribution in [0.4, 0.5) is 0 Å². The summed E-state index contributed by atoms with van der Waals surface area (Å²) in [5.74, 6) is 1.62. The minimum absolute atomic E-state index is 0.770. The molecule has 3 rings (SSSR count). The maximum absolute atomic E-state index is 2.37. The zero-order valence-corrected chi connectivity index (χ0v) is 10.3. The smallest absolute Gasteiger partial charge is 0.0130 e. The van der Waals surface area contributed by atoms with Gasteiger partial charge >= 0.3 is 0 Å². The van der Waals surface area contributed by atoms with E-state index in [1.54, 1.807) is 0 Å². The van der Waals surface area contributed by atoms with Gasteiger partial charge in [0, 0.05) is 0 Å². The second-order valence-electron chi connectivity index (χ2n) is 5.11. The molecule has 2 atom stereocenters. The van der Waals surface area contributed by atoms with Crippen molar-refractivity contribution in [3.8, 4) is 11.1 Å². The van der Waals surface area contributed by atoms with Crippen molar-refractivity contribution >= 4 is 0 Å². The fourth-order valence-corrected chi connectivity index (χ4v) is 2.83. The summed E-state index contributed by atoms with van der Waals surface area (Å²) >= 11 is 0. The van der Waals surface area contributed by atoms with Gasteiger partial charge in [0.2, 0.25) is 0 Å². The molecule has 17 heavy (non-hydrogen) atoms. The highest BCUT2D eigenvalue weighted by Crippen LogP contribution is 2.45. The summed E-state index contributed by atoms with van der Waals surface area (Å²) in [6.07, 6.45) is 2.73. The summed E-state index contributed by atoms with van der Waals surface area (Å²) < 4.78 is 0. The van der Waals surface area contributed by atoms with E-state index < -0.39 is 0 Å². The molecule has 0 bridgehead atoms. The molecular weight excluding hydrogens is 204 g/mol. The molecule has 86 valence electrons. The average Bonchev–Trinajstić information content (AvgIpc) is 2.39. The van der Waals surface area contributed by atoms with E-state index in [-0.39, 0.29) is 0 Å². The second kappa shape index (κ2) is 4.37. The first-order valence-corrected chi connectivity index (χ1v) is 6.50.